The molecule has 0 aromatic heterocycles. The molecule has 7 heteroatoms. The smallest absolute Gasteiger partial charge is 0.309 e. The van der Waals surface area contributed by atoms with Gasteiger partial charge in [0.2, 0.25) is 0 Å². The molecule has 0 amide bonds. The van der Waals surface area contributed by atoms with Gasteiger partial charge in [0.25, 0.3) is 0 Å². The van der Waals surface area contributed by atoms with Crippen LogP contribution in [-0.2, 0) is 23.8 Å². The van der Waals surface area contributed by atoms with Crippen molar-refractivity contribution in [3.05, 3.63) is 0 Å². The molecule has 0 aliphatic carbocycles. The van der Waals surface area contributed by atoms with Crippen LogP contribution in [-0.4, -0.2) is 64.7 Å². The van der Waals surface area contributed by atoms with Crippen molar-refractivity contribution in [2.75, 3.05) is 0 Å². The standard InChI is InChI=1S/C37H66O7/c1-3-4-5-6-7-11-14-17-20-31(39)33-22-24-35(43-33)36-25-23-34(44-36)32(40)21-18-15-12-9-8-10-13-16-19-30-27-29(26-28(2)38)37(41)42-30/h29-36,39-40H,3-27H2,1-2H3/t29?,30-,31-,32+,33-,34-,35-,36-/m0/s1. The number of carbonyl (C=O) groups is 2. The molecule has 3 fully saturated rings. The maximum Gasteiger partial charge on any atom is 0.309 e. The van der Waals surface area contributed by atoms with Crippen molar-refractivity contribution in [1.82, 2.24) is 0 Å². The Labute approximate surface area is 268 Å². The number of rotatable bonds is 25. The fourth-order valence-corrected chi connectivity index (χ4v) is 7.55. The average Bonchev–Trinajstić information content (AvgIpc) is 3.75. The molecular formula is C37H66O7. The summed E-state index contributed by atoms with van der Waals surface area (Å²) in [5.41, 5.74) is 0. The summed E-state index contributed by atoms with van der Waals surface area (Å²) < 4.78 is 18.0. The first-order chi connectivity index (χ1) is 21.4. The lowest BCUT2D eigenvalue weighted by Crippen LogP contribution is -2.33. The van der Waals surface area contributed by atoms with E-state index in [1.165, 1.54) is 77.6 Å². The highest BCUT2D eigenvalue weighted by Crippen LogP contribution is 2.35. The Hall–Kier alpha value is -1.02. The molecule has 44 heavy (non-hydrogen) atoms. The maximum atomic E-state index is 11.9. The molecule has 3 aliphatic rings. The van der Waals surface area contributed by atoms with Crippen LogP contribution in [0.5, 0.6) is 0 Å². The van der Waals surface area contributed by atoms with Gasteiger partial charge in [0.15, 0.2) is 0 Å². The Balaban J connectivity index is 1.13. The number of cyclic esters (lactones) is 1. The predicted octanol–water partition coefficient (Wildman–Crippen LogP) is 8.15. The highest BCUT2D eigenvalue weighted by Gasteiger charge is 2.40. The molecule has 256 valence electrons. The molecule has 0 aromatic rings. The van der Waals surface area contributed by atoms with Crippen molar-refractivity contribution in [3.63, 3.8) is 0 Å². The first kappa shape index (κ1) is 37.4. The van der Waals surface area contributed by atoms with Crippen LogP contribution in [0.1, 0.15) is 174 Å². The van der Waals surface area contributed by atoms with E-state index in [1.54, 1.807) is 0 Å². The molecule has 0 aromatic carbocycles. The van der Waals surface area contributed by atoms with E-state index in [9.17, 15) is 19.8 Å². The van der Waals surface area contributed by atoms with E-state index in [0.29, 0.717) is 12.8 Å². The fourth-order valence-electron chi connectivity index (χ4n) is 7.55. The summed E-state index contributed by atoms with van der Waals surface area (Å²) in [6.07, 6.45) is 26.0. The van der Waals surface area contributed by atoms with E-state index in [4.69, 9.17) is 14.2 Å². The third-order valence-electron chi connectivity index (χ3n) is 10.3. The van der Waals surface area contributed by atoms with Gasteiger partial charge in [0.1, 0.15) is 11.9 Å². The Morgan fingerprint density at radius 3 is 1.64 bits per heavy atom. The van der Waals surface area contributed by atoms with Crippen LogP contribution in [0.25, 0.3) is 0 Å². The van der Waals surface area contributed by atoms with Crippen LogP contribution in [0.15, 0.2) is 0 Å². The van der Waals surface area contributed by atoms with E-state index in [-0.39, 0.29) is 54.3 Å². The molecule has 0 saturated carbocycles. The van der Waals surface area contributed by atoms with Gasteiger partial charge in [0.05, 0.1) is 42.5 Å². The zero-order chi connectivity index (χ0) is 31.6. The van der Waals surface area contributed by atoms with E-state index in [1.807, 2.05) is 0 Å². The SMILES string of the molecule is CCCCCCCCCC[C@H](O)[C@@H]1CC[C@@H]([C@@H]2CC[C@@H]([C@H](O)CCCCCCCCCC[C@H]3CC(CC(C)=O)C(=O)O3)O2)O1. The minimum Gasteiger partial charge on any atom is -0.462 e. The zero-order valence-electron chi connectivity index (χ0n) is 28.2. The van der Waals surface area contributed by atoms with Gasteiger partial charge in [0, 0.05) is 6.42 Å². The van der Waals surface area contributed by atoms with E-state index in [2.05, 4.69) is 6.92 Å². The van der Waals surface area contributed by atoms with Crippen LogP contribution in [0.2, 0.25) is 0 Å². The van der Waals surface area contributed by atoms with E-state index < -0.39 is 6.10 Å². The number of hydrogen-bond acceptors (Lipinski definition) is 7. The topological polar surface area (TPSA) is 102 Å². The number of hydrogen-bond donors (Lipinski definition) is 2. The molecule has 7 nitrogen and oxygen atoms in total. The van der Waals surface area contributed by atoms with Gasteiger partial charge in [-0.15, -0.1) is 0 Å². The lowest BCUT2D eigenvalue weighted by atomic mass is 9.96. The second-order valence-electron chi connectivity index (χ2n) is 14.3. The van der Waals surface area contributed by atoms with Gasteiger partial charge >= 0.3 is 5.97 Å². The van der Waals surface area contributed by atoms with Crippen molar-refractivity contribution in [2.24, 2.45) is 5.92 Å². The Morgan fingerprint density at radius 2 is 1.16 bits per heavy atom. The third-order valence-corrected chi connectivity index (χ3v) is 10.3. The minimum absolute atomic E-state index is 0.00211. The van der Waals surface area contributed by atoms with Crippen LogP contribution >= 0.6 is 0 Å². The third kappa shape index (κ3) is 14.2. The van der Waals surface area contributed by atoms with Crippen molar-refractivity contribution in [3.8, 4) is 0 Å². The second-order valence-corrected chi connectivity index (χ2v) is 14.3. The van der Waals surface area contributed by atoms with Crippen molar-refractivity contribution in [1.29, 1.82) is 0 Å². The number of aliphatic hydroxyl groups is 2. The molecule has 3 rings (SSSR count). The number of unbranched alkanes of at least 4 members (excludes halogenated alkanes) is 14. The molecule has 0 spiro atoms. The maximum absolute atomic E-state index is 11.9. The summed E-state index contributed by atoms with van der Waals surface area (Å²) in [5.74, 6) is -0.348. The van der Waals surface area contributed by atoms with Crippen LogP contribution in [0.4, 0.5) is 0 Å². The second kappa shape index (κ2) is 21.7. The highest BCUT2D eigenvalue weighted by atomic mass is 16.6. The first-order valence-corrected chi connectivity index (χ1v) is 18.7. The van der Waals surface area contributed by atoms with Gasteiger partial charge in [-0.3, -0.25) is 4.79 Å². The van der Waals surface area contributed by atoms with Gasteiger partial charge in [-0.2, -0.15) is 0 Å². The summed E-state index contributed by atoms with van der Waals surface area (Å²) in [5, 5.41) is 21.4. The van der Waals surface area contributed by atoms with Gasteiger partial charge in [-0.25, -0.2) is 0 Å². The summed E-state index contributed by atoms with van der Waals surface area (Å²) in [6, 6.07) is 0. The first-order valence-electron chi connectivity index (χ1n) is 18.7. The van der Waals surface area contributed by atoms with Crippen molar-refractivity contribution < 1.29 is 34.0 Å². The van der Waals surface area contributed by atoms with Gasteiger partial charge in [-0.1, -0.05) is 103 Å². The van der Waals surface area contributed by atoms with E-state index >= 15 is 0 Å². The zero-order valence-corrected chi connectivity index (χ0v) is 28.2. The molecule has 8 atom stereocenters. The molecule has 0 radical (unpaired) electrons. The average molecular weight is 623 g/mol. The normalized spacial score (nSPS) is 28.4. The van der Waals surface area contributed by atoms with Gasteiger partial charge < -0.3 is 29.2 Å². The Bertz CT molecular complexity index is 788. The van der Waals surface area contributed by atoms with Crippen molar-refractivity contribution in [2.45, 2.75) is 217 Å². The summed E-state index contributed by atoms with van der Waals surface area (Å²) in [6.45, 7) is 3.79. The monoisotopic (exact) mass is 622 g/mol. The predicted molar refractivity (Wildman–Crippen MR) is 174 cm³/mol. The number of carbonyl (C=O) groups excluding carboxylic acids is 2. The quantitative estimate of drug-likeness (QED) is 0.0782. The fraction of sp³-hybridized carbons (Fsp3) is 0.946. The largest absolute Gasteiger partial charge is 0.462 e. The lowest BCUT2D eigenvalue weighted by molar-refractivity contribution is -0.145. The summed E-state index contributed by atoms with van der Waals surface area (Å²) in [4.78, 5) is 23.1. The van der Waals surface area contributed by atoms with Crippen LogP contribution < -0.4 is 0 Å². The molecule has 2 N–H and O–H groups in total. The molecule has 0 bridgehead atoms. The number of ether oxygens (including phenoxy) is 3. The van der Waals surface area contributed by atoms with Crippen LogP contribution in [0.3, 0.4) is 0 Å². The molecular weight excluding hydrogens is 556 g/mol. The van der Waals surface area contributed by atoms with Crippen molar-refractivity contribution >= 4 is 11.8 Å². The Kier molecular flexibility index (Phi) is 18.5. The summed E-state index contributed by atoms with van der Waals surface area (Å²) in [7, 11) is 0. The Morgan fingerprint density at radius 1 is 0.705 bits per heavy atom. The number of aliphatic hydroxyl groups excluding tert-OH is 2. The molecule has 3 heterocycles. The van der Waals surface area contributed by atoms with Crippen LogP contribution in [0, 0.1) is 5.92 Å². The van der Waals surface area contributed by atoms with Gasteiger partial charge in [-0.05, 0) is 64.7 Å². The number of esters is 1. The summed E-state index contributed by atoms with van der Waals surface area (Å²) >= 11 is 0. The number of ketones is 1. The number of Topliss-reactive ketones (excluding diaryl/α,β-unsaturated/α-hetero) is 1. The highest BCUT2D eigenvalue weighted by molar-refractivity contribution is 5.83. The molecule has 3 aliphatic heterocycles. The molecule has 1 unspecified atom stereocenters. The lowest BCUT2D eigenvalue weighted by Gasteiger charge is -2.24. The molecule has 3 saturated heterocycles. The minimum atomic E-state index is -0.399. The van der Waals surface area contributed by atoms with E-state index in [0.717, 1.165) is 77.0 Å².